The Morgan fingerprint density at radius 1 is 1.37 bits per heavy atom. The molecule has 0 saturated heterocycles. The van der Waals surface area contributed by atoms with Crippen LogP contribution in [0, 0.1) is 5.82 Å². The van der Waals surface area contributed by atoms with Crippen molar-refractivity contribution in [3.8, 4) is 0 Å². The van der Waals surface area contributed by atoms with Crippen molar-refractivity contribution in [1.29, 1.82) is 0 Å². The van der Waals surface area contributed by atoms with Gasteiger partial charge in [0.25, 0.3) is 0 Å². The van der Waals surface area contributed by atoms with Gasteiger partial charge in [0.2, 0.25) is 5.91 Å². The normalized spacial score (nSPS) is 11.8. The van der Waals surface area contributed by atoms with Gasteiger partial charge in [-0.25, -0.2) is 4.39 Å². The molecule has 6 heteroatoms. The molecular weight excluding hydrogens is 262 g/mol. The van der Waals surface area contributed by atoms with E-state index < -0.39 is 17.6 Å². The van der Waals surface area contributed by atoms with Gasteiger partial charge in [0.15, 0.2) is 0 Å². The van der Waals surface area contributed by atoms with Crippen LogP contribution >= 0.6 is 0 Å². The van der Waals surface area contributed by atoms with Crippen molar-refractivity contribution < 1.29 is 22.4 Å². The number of benzene rings is 1. The lowest BCUT2D eigenvalue weighted by molar-refractivity contribution is -0.137. The van der Waals surface area contributed by atoms with E-state index >= 15 is 0 Å². The van der Waals surface area contributed by atoms with Gasteiger partial charge >= 0.3 is 6.18 Å². The van der Waals surface area contributed by atoms with Gasteiger partial charge in [0, 0.05) is 19.0 Å². The first-order valence-corrected chi connectivity index (χ1v) is 5.58. The molecule has 0 unspecified atom stereocenters. The van der Waals surface area contributed by atoms with E-state index in [0.717, 1.165) is 12.1 Å². The minimum Gasteiger partial charge on any atom is -0.356 e. The fourth-order valence-electron chi connectivity index (χ4n) is 1.39. The maximum absolute atomic E-state index is 13.3. The fourth-order valence-corrected chi connectivity index (χ4v) is 1.39. The van der Waals surface area contributed by atoms with E-state index in [1.807, 2.05) is 0 Å². The van der Waals surface area contributed by atoms with Crippen LogP contribution in [0.4, 0.5) is 17.6 Å². The highest BCUT2D eigenvalue weighted by atomic mass is 19.4. The minimum absolute atomic E-state index is 0.127. The average Bonchev–Trinajstić information content (AvgIpc) is 2.29. The number of halogens is 4. The Labute approximate surface area is 108 Å². The van der Waals surface area contributed by atoms with Crippen LogP contribution in [0.25, 0.3) is 6.08 Å². The summed E-state index contributed by atoms with van der Waals surface area (Å²) in [7, 11) is 0. The summed E-state index contributed by atoms with van der Waals surface area (Å²) in [5.41, 5.74) is -1.02. The van der Waals surface area contributed by atoms with E-state index in [4.69, 9.17) is 0 Å². The summed E-state index contributed by atoms with van der Waals surface area (Å²) < 4.78 is 50.6. The van der Waals surface area contributed by atoms with E-state index in [-0.39, 0.29) is 11.5 Å². The summed E-state index contributed by atoms with van der Waals surface area (Å²) in [5.74, 6) is -0.914. The summed E-state index contributed by atoms with van der Waals surface area (Å²) in [6.07, 6.45) is -1.30. The number of alkyl halides is 3. The molecule has 0 heterocycles. The minimum atomic E-state index is -4.49. The first kappa shape index (κ1) is 15.2. The Hall–Kier alpha value is -1.85. The Kier molecular flexibility index (Phi) is 5.09. The Balaban J connectivity index is 2.72. The van der Waals surface area contributed by atoms with Gasteiger partial charge in [0.05, 0.1) is 5.56 Å². The first-order chi connectivity index (χ1) is 8.80. The van der Waals surface area contributed by atoms with Crippen LogP contribution in [0.1, 0.15) is 24.5 Å². The molecule has 1 rings (SSSR count). The molecule has 19 heavy (non-hydrogen) atoms. The third-order valence-corrected chi connectivity index (χ3v) is 2.31. The summed E-state index contributed by atoms with van der Waals surface area (Å²) >= 11 is 0. The van der Waals surface area contributed by atoms with Crippen LogP contribution in [0.5, 0.6) is 0 Å². The average molecular weight is 275 g/mol. The zero-order chi connectivity index (χ0) is 14.5. The van der Waals surface area contributed by atoms with Crippen LogP contribution in [-0.4, -0.2) is 12.5 Å². The third kappa shape index (κ3) is 5.11. The van der Waals surface area contributed by atoms with Crippen LogP contribution in [-0.2, 0) is 11.0 Å². The van der Waals surface area contributed by atoms with Gasteiger partial charge in [-0.2, -0.15) is 13.2 Å². The summed E-state index contributed by atoms with van der Waals surface area (Å²) in [5, 5.41) is 2.52. The topological polar surface area (TPSA) is 29.1 Å². The SMILES string of the molecule is CC(=O)NCCC=Cc1cc(C(F)(F)F)ccc1F. The summed E-state index contributed by atoms with van der Waals surface area (Å²) in [6.45, 7) is 1.71. The van der Waals surface area contributed by atoms with Gasteiger partial charge in [-0.3, -0.25) is 4.79 Å². The molecule has 0 fully saturated rings. The molecule has 1 amide bonds. The molecule has 0 atom stereocenters. The number of carbonyl (C=O) groups excluding carboxylic acids is 1. The lowest BCUT2D eigenvalue weighted by Gasteiger charge is -2.07. The molecule has 0 aromatic heterocycles. The maximum Gasteiger partial charge on any atom is 0.416 e. The standard InChI is InChI=1S/C13H13F4NO/c1-9(19)18-7-3-2-4-10-8-11(13(15,16)17)5-6-12(10)14/h2,4-6,8H,3,7H2,1H3,(H,18,19). The van der Waals surface area contributed by atoms with Crippen molar-refractivity contribution in [2.24, 2.45) is 0 Å². The molecule has 0 aliphatic heterocycles. The second kappa shape index (κ2) is 6.36. The molecule has 0 radical (unpaired) electrons. The van der Waals surface area contributed by atoms with Crippen LogP contribution in [0.2, 0.25) is 0 Å². The molecule has 0 spiro atoms. The second-order valence-electron chi connectivity index (χ2n) is 3.91. The van der Waals surface area contributed by atoms with Crippen LogP contribution < -0.4 is 5.32 Å². The zero-order valence-electron chi connectivity index (χ0n) is 10.2. The number of hydrogen-bond donors (Lipinski definition) is 1. The van der Waals surface area contributed by atoms with Crippen molar-refractivity contribution in [2.75, 3.05) is 6.54 Å². The summed E-state index contributed by atoms with van der Waals surface area (Å²) in [6, 6.07) is 2.24. The van der Waals surface area contributed by atoms with E-state index in [2.05, 4.69) is 5.32 Å². The Bertz CT molecular complexity index is 480. The molecule has 2 nitrogen and oxygen atoms in total. The molecule has 0 aliphatic carbocycles. The predicted molar refractivity (Wildman–Crippen MR) is 63.7 cm³/mol. The fraction of sp³-hybridized carbons (Fsp3) is 0.308. The molecule has 1 aromatic rings. The predicted octanol–water partition coefficient (Wildman–Crippen LogP) is 3.38. The maximum atomic E-state index is 13.3. The van der Waals surface area contributed by atoms with Gasteiger partial charge in [-0.15, -0.1) is 0 Å². The van der Waals surface area contributed by atoms with Crippen molar-refractivity contribution in [3.05, 3.63) is 41.2 Å². The quantitative estimate of drug-likeness (QED) is 0.662. The number of carbonyl (C=O) groups is 1. The zero-order valence-corrected chi connectivity index (χ0v) is 10.2. The highest BCUT2D eigenvalue weighted by Crippen LogP contribution is 2.30. The van der Waals surface area contributed by atoms with Gasteiger partial charge in [-0.1, -0.05) is 12.2 Å². The van der Waals surface area contributed by atoms with Crippen molar-refractivity contribution in [1.82, 2.24) is 5.32 Å². The molecule has 104 valence electrons. The Morgan fingerprint density at radius 3 is 2.63 bits per heavy atom. The van der Waals surface area contributed by atoms with Crippen LogP contribution in [0.15, 0.2) is 24.3 Å². The van der Waals surface area contributed by atoms with Crippen molar-refractivity contribution in [3.63, 3.8) is 0 Å². The monoisotopic (exact) mass is 275 g/mol. The molecule has 1 aromatic carbocycles. The van der Waals surface area contributed by atoms with Gasteiger partial charge < -0.3 is 5.32 Å². The van der Waals surface area contributed by atoms with E-state index in [9.17, 15) is 22.4 Å². The highest BCUT2D eigenvalue weighted by molar-refractivity contribution is 5.72. The van der Waals surface area contributed by atoms with Gasteiger partial charge in [-0.05, 0) is 24.6 Å². The first-order valence-electron chi connectivity index (χ1n) is 5.58. The lowest BCUT2D eigenvalue weighted by Crippen LogP contribution is -2.20. The molecule has 0 bridgehead atoms. The molecule has 1 N–H and O–H groups in total. The summed E-state index contributed by atoms with van der Waals surface area (Å²) in [4.78, 5) is 10.6. The smallest absolute Gasteiger partial charge is 0.356 e. The molecular formula is C13H13F4NO. The van der Waals surface area contributed by atoms with Crippen molar-refractivity contribution >= 4 is 12.0 Å². The lowest BCUT2D eigenvalue weighted by atomic mass is 10.1. The van der Waals surface area contributed by atoms with E-state index in [1.54, 1.807) is 0 Å². The number of hydrogen-bond acceptors (Lipinski definition) is 1. The number of rotatable bonds is 4. The van der Waals surface area contributed by atoms with E-state index in [0.29, 0.717) is 19.0 Å². The van der Waals surface area contributed by atoms with Crippen molar-refractivity contribution in [2.45, 2.75) is 19.5 Å². The molecule has 0 saturated carbocycles. The van der Waals surface area contributed by atoms with E-state index in [1.165, 1.54) is 19.1 Å². The Morgan fingerprint density at radius 2 is 2.05 bits per heavy atom. The molecule has 0 aliphatic rings. The second-order valence-corrected chi connectivity index (χ2v) is 3.91. The third-order valence-electron chi connectivity index (χ3n) is 2.31. The van der Waals surface area contributed by atoms with Crippen LogP contribution in [0.3, 0.4) is 0 Å². The number of amides is 1. The largest absolute Gasteiger partial charge is 0.416 e. The van der Waals surface area contributed by atoms with Gasteiger partial charge in [0.1, 0.15) is 5.82 Å². The highest BCUT2D eigenvalue weighted by Gasteiger charge is 2.30. The number of nitrogens with one attached hydrogen (secondary N) is 1.